The molecule has 1 saturated heterocycles. The van der Waals surface area contributed by atoms with Crippen molar-refractivity contribution in [2.75, 3.05) is 11.9 Å². The summed E-state index contributed by atoms with van der Waals surface area (Å²) >= 11 is 0. The monoisotopic (exact) mass is 339 g/mol. The smallest absolute Gasteiger partial charge is 0.229 e. The van der Waals surface area contributed by atoms with E-state index < -0.39 is 0 Å². The number of rotatable bonds is 4. The molecule has 1 aliphatic heterocycles. The molecular weight excluding hydrogens is 318 g/mol. The number of nitrogens with zero attached hydrogens (tertiary/aromatic N) is 3. The number of nitrogens with one attached hydrogen (secondary N) is 2. The van der Waals surface area contributed by atoms with Crippen LogP contribution in [0.5, 0.6) is 0 Å². The first-order valence-corrected chi connectivity index (χ1v) is 8.77. The Kier molecular flexibility index (Phi) is 4.21. The zero-order valence-electron chi connectivity index (χ0n) is 13.9. The molecule has 4 rings (SSSR count). The average molecular weight is 339 g/mol. The van der Waals surface area contributed by atoms with Gasteiger partial charge in [-0.25, -0.2) is 4.98 Å². The molecule has 2 aliphatic rings. The standard InChI is InChI=1S/C18H21N5O2/c24-16-9-12(10-23(16)13-5-1-2-6-13)18(25)21-15-8-4-3-7-14(15)17-19-11-20-22-17/h3-4,7-8,11-13H,1-2,5-6,9-10H2,(H,21,25)(H,19,20,22)/t12-/m0/s1. The SMILES string of the molecule is O=C(Nc1ccccc1-c1ncn[nH]1)[C@H]1CC(=O)N(C2CCCC2)C1. The van der Waals surface area contributed by atoms with Gasteiger partial charge in [0.1, 0.15) is 6.33 Å². The lowest BCUT2D eigenvalue weighted by Crippen LogP contribution is -2.35. The lowest BCUT2D eigenvalue weighted by Gasteiger charge is -2.24. The maximum Gasteiger partial charge on any atom is 0.229 e. The normalized spacial score (nSPS) is 21.0. The van der Waals surface area contributed by atoms with Crippen molar-refractivity contribution in [3.63, 3.8) is 0 Å². The van der Waals surface area contributed by atoms with E-state index in [2.05, 4.69) is 20.5 Å². The minimum Gasteiger partial charge on any atom is -0.339 e. The number of H-pyrrole nitrogens is 1. The highest BCUT2D eigenvalue weighted by atomic mass is 16.2. The molecule has 1 aliphatic carbocycles. The van der Waals surface area contributed by atoms with E-state index in [-0.39, 0.29) is 17.7 Å². The first-order valence-electron chi connectivity index (χ1n) is 8.77. The van der Waals surface area contributed by atoms with Gasteiger partial charge in [-0.05, 0) is 25.0 Å². The number of amides is 2. The quantitative estimate of drug-likeness (QED) is 0.893. The first-order chi connectivity index (χ1) is 12.2. The van der Waals surface area contributed by atoms with Crippen molar-refractivity contribution < 1.29 is 9.59 Å². The molecule has 1 saturated carbocycles. The number of aromatic amines is 1. The van der Waals surface area contributed by atoms with Crippen LogP contribution in [0.3, 0.4) is 0 Å². The molecule has 7 heteroatoms. The minimum absolute atomic E-state index is 0.107. The van der Waals surface area contributed by atoms with E-state index in [4.69, 9.17) is 0 Å². The van der Waals surface area contributed by atoms with E-state index in [0.29, 0.717) is 30.5 Å². The summed E-state index contributed by atoms with van der Waals surface area (Å²) in [4.78, 5) is 31.1. The van der Waals surface area contributed by atoms with Crippen molar-refractivity contribution in [3.05, 3.63) is 30.6 Å². The van der Waals surface area contributed by atoms with Gasteiger partial charge in [0.25, 0.3) is 0 Å². The van der Waals surface area contributed by atoms with Crippen molar-refractivity contribution in [1.82, 2.24) is 20.1 Å². The molecule has 0 spiro atoms. The average Bonchev–Trinajstić information content (AvgIpc) is 3.37. The summed E-state index contributed by atoms with van der Waals surface area (Å²) in [5, 5.41) is 9.64. The summed E-state index contributed by atoms with van der Waals surface area (Å²) in [6, 6.07) is 7.78. The summed E-state index contributed by atoms with van der Waals surface area (Å²) < 4.78 is 0. The highest BCUT2D eigenvalue weighted by molar-refractivity contribution is 5.99. The third kappa shape index (κ3) is 3.14. The van der Waals surface area contributed by atoms with Gasteiger partial charge < -0.3 is 10.2 Å². The van der Waals surface area contributed by atoms with Crippen molar-refractivity contribution in [2.45, 2.75) is 38.1 Å². The zero-order chi connectivity index (χ0) is 17.2. The summed E-state index contributed by atoms with van der Waals surface area (Å²) in [5.74, 6) is 0.304. The Morgan fingerprint density at radius 3 is 2.80 bits per heavy atom. The van der Waals surface area contributed by atoms with Crippen LogP contribution in [0.25, 0.3) is 11.4 Å². The van der Waals surface area contributed by atoms with Crippen molar-refractivity contribution in [3.8, 4) is 11.4 Å². The van der Waals surface area contributed by atoms with Crippen LogP contribution in [-0.2, 0) is 9.59 Å². The Morgan fingerprint density at radius 2 is 2.04 bits per heavy atom. The number of aromatic nitrogens is 3. The minimum atomic E-state index is -0.295. The summed E-state index contributed by atoms with van der Waals surface area (Å²) in [6.07, 6.45) is 6.21. The fourth-order valence-electron chi connectivity index (χ4n) is 3.84. The molecule has 7 nitrogen and oxygen atoms in total. The predicted octanol–water partition coefficient (Wildman–Crippen LogP) is 2.20. The molecule has 2 amide bonds. The molecule has 25 heavy (non-hydrogen) atoms. The highest BCUT2D eigenvalue weighted by Gasteiger charge is 2.38. The van der Waals surface area contributed by atoms with E-state index in [1.807, 2.05) is 29.2 Å². The number of anilines is 1. The summed E-state index contributed by atoms with van der Waals surface area (Å²) in [7, 11) is 0. The second-order valence-electron chi connectivity index (χ2n) is 6.75. The van der Waals surface area contributed by atoms with Crippen LogP contribution < -0.4 is 5.32 Å². The van der Waals surface area contributed by atoms with Crippen LogP contribution in [0.2, 0.25) is 0 Å². The fourth-order valence-corrected chi connectivity index (χ4v) is 3.84. The molecule has 0 radical (unpaired) electrons. The number of para-hydroxylation sites is 1. The maximum absolute atomic E-state index is 12.7. The topological polar surface area (TPSA) is 91.0 Å². The van der Waals surface area contributed by atoms with E-state index >= 15 is 0 Å². The van der Waals surface area contributed by atoms with Crippen molar-refractivity contribution >= 4 is 17.5 Å². The Balaban J connectivity index is 1.47. The molecule has 2 N–H and O–H groups in total. The molecule has 2 aromatic rings. The maximum atomic E-state index is 12.7. The Hall–Kier alpha value is -2.70. The van der Waals surface area contributed by atoms with E-state index in [1.54, 1.807) is 0 Å². The third-order valence-corrected chi connectivity index (χ3v) is 5.15. The summed E-state index contributed by atoms with van der Waals surface area (Å²) in [6.45, 7) is 0.528. The lowest BCUT2D eigenvalue weighted by molar-refractivity contribution is -0.129. The molecule has 2 fully saturated rings. The summed E-state index contributed by atoms with van der Waals surface area (Å²) in [5.41, 5.74) is 1.46. The molecular formula is C18H21N5O2. The molecule has 1 aromatic carbocycles. The van der Waals surface area contributed by atoms with Crippen LogP contribution in [0.1, 0.15) is 32.1 Å². The second kappa shape index (κ2) is 6.66. The van der Waals surface area contributed by atoms with E-state index in [0.717, 1.165) is 18.4 Å². The predicted molar refractivity (Wildman–Crippen MR) is 92.5 cm³/mol. The van der Waals surface area contributed by atoms with Gasteiger partial charge in [0.2, 0.25) is 11.8 Å². The van der Waals surface area contributed by atoms with Crippen LogP contribution in [-0.4, -0.2) is 44.5 Å². The van der Waals surface area contributed by atoms with E-state index in [9.17, 15) is 9.59 Å². The van der Waals surface area contributed by atoms with Crippen molar-refractivity contribution in [1.29, 1.82) is 0 Å². The number of likely N-dealkylation sites (tertiary alicyclic amines) is 1. The molecule has 0 unspecified atom stereocenters. The number of hydrogen-bond donors (Lipinski definition) is 2. The van der Waals surface area contributed by atoms with Crippen LogP contribution in [0.15, 0.2) is 30.6 Å². The van der Waals surface area contributed by atoms with Gasteiger partial charge in [0, 0.05) is 24.6 Å². The number of hydrogen-bond acceptors (Lipinski definition) is 4. The highest BCUT2D eigenvalue weighted by Crippen LogP contribution is 2.31. The number of carbonyl (C=O) groups is 2. The number of benzene rings is 1. The molecule has 1 atom stereocenters. The zero-order valence-corrected chi connectivity index (χ0v) is 13.9. The second-order valence-corrected chi connectivity index (χ2v) is 6.75. The van der Waals surface area contributed by atoms with E-state index in [1.165, 1.54) is 19.2 Å². The van der Waals surface area contributed by atoms with Gasteiger partial charge in [-0.1, -0.05) is 25.0 Å². The van der Waals surface area contributed by atoms with Gasteiger partial charge in [-0.15, -0.1) is 0 Å². The third-order valence-electron chi connectivity index (χ3n) is 5.15. The Labute approximate surface area is 145 Å². The Morgan fingerprint density at radius 1 is 1.24 bits per heavy atom. The van der Waals surface area contributed by atoms with Gasteiger partial charge in [-0.3, -0.25) is 14.7 Å². The van der Waals surface area contributed by atoms with Gasteiger partial charge >= 0.3 is 0 Å². The van der Waals surface area contributed by atoms with Crippen LogP contribution >= 0.6 is 0 Å². The first kappa shape index (κ1) is 15.8. The van der Waals surface area contributed by atoms with Gasteiger partial charge in [0.05, 0.1) is 11.6 Å². The molecule has 1 aromatic heterocycles. The van der Waals surface area contributed by atoms with Crippen LogP contribution in [0.4, 0.5) is 5.69 Å². The largest absolute Gasteiger partial charge is 0.339 e. The van der Waals surface area contributed by atoms with Crippen molar-refractivity contribution in [2.24, 2.45) is 5.92 Å². The van der Waals surface area contributed by atoms with Gasteiger partial charge in [-0.2, -0.15) is 5.10 Å². The molecule has 2 heterocycles. The van der Waals surface area contributed by atoms with Gasteiger partial charge in [0.15, 0.2) is 5.82 Å². The van der Waals surface area contributed by atoms with Crippen LogP contribution in [0, 0.1) is 5.92 Å². The molecule has 0 bridgehead atoms. The number of carbonyl (C=O) groups excluding carboxylic acids is 2. The fraction of sp³-hybridized carbons (Fsp3) is 0.444. The molecule has 130 valence electrons. The Bertz CT molecular complexity index is 768. The lowest BCUT2D eigenvalue weighted by atomic mass is 10.1.